The number of hydrogen-bond acceptors (Lipinski definition) is 2. The van der Waals surface area contributed by atoms with Crippen molar-refractivity contribution in [2.75, 3.05) is 12.4 Å². The van der Waals surface area contributed by atoms with Gasteiger partial charge in [-0.1, -0.05) is 12.1 Å². The number of nitrogens with one attached hydrogen (secondary N) is 1. The van der Waals surface area contributed by atoms with E-state index < -0.39 is 0 Å². The minimum atomic E-state index is 0.911. The third-order valence-electron chi connectivity index (χ3n) is 1.72. The first-order valence-corrected chi connectivity index (χ1v) is 4.06. The zero-order valence-electron chi connectivity index (χ0n) is 7.76. The minimum absolute atomic E-state index is 0.911. The van der Waals surface area contributed by atoms with Gasteiger partial charge in [0.1, 0.15) is 5.82 Å². The van der Waals surface area contributed by atoms with Crippen LogP contribution in [0.2, 0.25) is 0 Å². The summed E-state index contributed by atoms with van der Waals surface area (Å²) in [6, 6.07) is 4.04. The summed E-state index contributed by atoms with van der Waals surface area (Å²) in [6.07, 6.45) is 4.00. The lowest BCUT2D eigenvalue weighted by Gasteiger charge is -2.02. The Morgan fingerprint density at radius 2 is 2.17 bits per heavy atom. The van der Waals surface area contributed by atoms with Crippen molar-refractivity contribution in [2.24, 2.45) is 0 Å². The molecule has 0 spiro atoms. The standard InChI is InChI=1S/C10H14N2/c1-4-5-9-8(2)6-7-10(11-3)12-9/h4-7H,1-3H3,(H,11,12)/b5-4-. The molecular weight excluding hydrogens is 148 g/mol. The van der Waals surface area contributed by atoms with Crippen LogP contribution >= 0.6 is 0 Å². The molecule has 0 saturated carbocycles. The van der Waals surface area contributed by atoms with Gasteiger partial charge in [0.25, 0.3) is 0 Å². The monoisotopic (exact) mass is 162 g/mol. The Morgan fingerprint density at radius 1 is 1.42 bits per heavy atom. The van der Waals surface area contributed by atoms with Gasteiger partial charge in [0.15, 0.2) is 0 Å². The number of pyridine rings is 1. The van der Waals surface area contributed by atoms with E-state index in [4.69, 9.17) is 0 Å². The molecule has 0 aliphatic rings. The number of anilines is 1. The molecule has 1 rings (SSSR count). The predicted octanol–water partition coefficient (Wildman–Crippen LogP) is 2.46. The summed E-state index contributed by atoms with van der Waals surface area (Å²) in [5.74, 6) is 0.911. The van der Waals surface area contributed by atoms with Gasteiger partial charge in [-0.2, -0.15) is 0 Å². The van der Waals surface area contributed by atoms with Crippen LogP contribution in [0.3, 0.4) is 0 Å². The molecule has 2 nitrogen and oxygen atoms in total. The number of hydrogen-bond donors (Lipinski definition) is 1. The Balaban J connectivity index is 3.08. The third-order valence-corrected chi connectivity index (χ3v) is 1.72. The minimum Gasteiger partial charge on any atom is -0.373 e. The van der Waals surface area contributed by atoms with E-state index in [-0.39, 0.29) is 0 Å². The molecule has 0 bridgehead atoms. The molecule has 1 N–H and O–H groups in total. The van der Waals surface area contributed by atoms with Crippen LogP contribution in [0, 0.1) is 6.92 Å². The zero-order chi connectivity index (χ0) is 8.97. The summed E-state index contributed by atoms with van der Waals surface area (Å²) in [4.78, 5) is 4.38. The molecule has 0 fully saturated rings. The molecule has 0 aromatic carbocycles. The zero-order valence-corrected chi connectivity index (χ0v) is 7.76. The smallest absolute Gasteiger partial charge is 0.126 e. The molecule has 0 amide bonds. The van der Waals surface area contributed by atoms with Gasteiger partial charge in [-0.15, -0.1) is 0 Å². The van der Waals surface area contributed by atoms with Crippen molar-refractivity contribution in [2.45, 2.75) is 13.8 Å². The van der Waals surface area contributed by atoms with Crippen LogP contribution in [-0.4, -0.2) is 12.0 Å². The molecule has 1 aromatic rings. The lowest BCUT2D eigenvalue weighted by molar-refractivity contribution is 1.22. The first-order chi connectivity index (χ1) is 5.77. The second-order valence-corrected chi connectivity index (χ2v) is 2.65. The topological polar surface area (TPSA) is 24.9 Å². The van der Waals surface area contributed by atoms with Crippen LogP contribution in [0.1, 0.15) is 18.2 Å². The fraction of sp³-hybridized carbons (Fsp3) is 0.300. The van der Waals surface area contributed by atoms with E-state index in [1.54, 1.807) is 0 Å². The maximum Gasteiger partial charge on any atom is 0.126 e. The second-order valence-electron chi connectivity index (χ2n) is 2.65. The average Bonchev–Trinajstić information content (AvgIpc) is 2.09. The van der Waals surface area contributed by atoms with Crippen LogP contribution in [0.4, 0.5) is 5.82 Å². The highest BCUT2D eigenvalue weighted by atomic mass is 15.0. The van der Waals surface area contributed by atoms with Crippen LogP contribution in [-0.2, 0) is 0 Å². The molecular formula is C10H14N2. The van der Waals surface area contributed by atoms with Crippen LogP contribution in [0.5, 0.6) is 0 Å². The van der Waals surface area contributed by atoms with Crippen molar-refractivity contribution in [1.29, 1.82) is 0 Å². The van der Waals surface area contributed by atoms with E-state index in [9.17, 15) is 0 Å². The Kier molecular flexibility index (Phi) is 2.86. The molecule has 0 aliphatic carbocycles. The highest BCUT2D eigenvalue weighted by Crippen LogP contribution is 2.10. The predicted molar refractivity (Wildman–Crippen MR) is 53.2 cm³/mol. The fourth-order valence-corrected chi connectivity index (χ4v) is 1.01. The Labute approximate surface area is 73.3 Å². The number of nitrogens with zero attached hydrogens (tertiary/aromatic N) is 1. The van der Waals surface area contributed by atoms with Gasteiger partial charge >= 0.3 is 0 Å². The number of aryl methyl sites for hydroxylation is 1. The summed E-state index contributed by atoms with van der Waals surface area (Å²) in [6.45, 7) is 4.05. The van der Waals surface area contributed by atoms with Gasteiger partial charge in [0, 0.05) is 7.05 Å². The van der Waals surface area contributed by atoms with Gasteiger partial charge in [0.05, 0.1) is 5.69 Å². The van der Waals surface area contributed by atoms with E-state index in [2.05, 4.69) is 23.3 Å². The number of aromatic nitrogens is 1. The van der Waals surface area contributed by atoms with Gasteiger partial charge in [0.2, 0.25) is 0 Å². The van der Waals surface area contributed by atoms with Crippen molar-refractivity contribution in [3.8, 4) is 0 Å². The summed E-state index contributed by atoms with van der Waals surface area (Å²) in [5.41, 5.74) is 2.23. The molecule has 2 heteroatoms. The van der Waals surface area contributed by atoms with Crippen molar-refractivity contribution in [1.82, 2.24) is 4.98 Å². The van der Waals surface area contributed by atoms with Gasteiger partial charge in [-0.3, -0.25) is 0 Å². The van der Waals surface area contributed by atoms with Gasteiger partial charge < -0.3 is 5.32 Å². The molecule has 0 radical (unpaired) electrons. The van der Waals surface area contributed by atoms with E-state index >= 15 is 0 Å². The van der Waals surface area contributed by atoms with Crippen molar-refractivity contribution < 1.29 is 0 Å². The molecule has 1 heterocycles. The summed E-state index contributed by atoms with van der Waals surface area (Å²) in [7, 11) is 1.87. The Hall–Kier alpha value is -1.31. The van der Waals surface area contributed by atoms with Crippen molar-refractivity contribution in [3.63, 3.8) is 0 Å². The highest BCUT2D eigenvalue weighted by Gasteiger charge is 1.96. The lowest BCUT2D eigenvalue weighted by Crippen LogP contribution is -1.94. The molecule has 64 valence electrons. The first-order valence-electron chi connectivity index (χ1n) is 4.06. The Bertz CT molecular complexity index is 290. The van der Waals surface area contributed by atoms with E-state index in [1.807, 2.05) is 32.2 Å². The van der Waals surface area contributed by atoms with E-state index in [0.29, 0.717) is 0 Å². The largest absolute Gasteiger partial charge is 0.373 e. The molecule has 12 heavy (non-hydrogen) atoms. The maximum atomic E-state index is 4.38. The molecule has 1 aromatic heterocycles. The van der Waals surface area contributed by atoms with Gasteiger partial charge in [-0.25, -0.2) is 4.98 Å². The second kappa shape index (κ2) is 3.90. The molecule has 0 aliphatic heterocycles. The van der Waals surface area contributed by atoms with E-state index in [0.717, 1.165) is 11.5 Å². The summed E-state index contributed by atoms with van der Waals surface area (Å²) < 4.78 is 0. The Morgan fingerprint density at radius 3 is 2.75 bits per heavy atom. The summed E-state index contributed by atoms with van der Waals surface area (Å²) >= 11 is 0. The fourth-order valence-electron chi connectivity index (χ4n) is 1.01. The maximum absolute atomic E-state index is 4.38. The lowest BCUT2D eigenvalue weighted by atomic mass is 10.2. The number of rotatable bonds is 2. The normalized spacial score (nSPS) is 10.6. The van der Waals surface area contributed by atoms with Crippen LogP contribution < -0.4 is 5.32 Å². The average molecular weight is 162 g/mol. The van der Waals surface area contributed by atoms with Crippen LogP contribution in [0.15, 0.2) is 18.2 Å². The van der Waals surface area contributed by atoms with Crippen molar-refractivity contribution >= 4 is 11.9 Å². The molecule has 0 atom stereocenters. The quantitative estimate of drug-likeness (QED) is 0.722. The molecule has 0 saturated heterocycles. The third kappa shape index (κ3) is 1.84. The summed E-state index contributed by atoms with van der Waals surface area (Å²) in [5, 5.41) is 3.01. The SMILES string of the molecule is C/C=C\c1nc(NC)ccc1C. The van der Waals surface area contributed by atoms with Crippen LogP contribution in [0.25, 0.3) is 6.08 Å². The highest BCUT2D eigenvalue weighted by molar-refractivity contribution is 5.52. The number of allylic oxidation sites excluding steroid dienone is 1. The van der Waals surface area contributed by atoms with Crippen molar-refractivity contribution in [3.05, 3.63) is 29.5 Å². The first kappa shape index (κ1) is 8.78. The van der Waals surface area contributed by atoms with E-state index in [1.165, 1.54) is 5.56 Å². The molecule has 0 unspecified atom stereocenters. The van der Waals surface area contributed by atoms with Gasteiger partial charge in [-0.05, 0) is 31.6 Å².